The lowest BCUT2D eigenvalue weighted by Gasteiger charge is -2.34. The van der Waals surface area contributed by atoms with Crippen molar-refractivity contribution in [1.29, 1.82) is 0 Å². The van der Waals surface area contributed by atoms with Crippen molar-refractivity contribution in [2.75, 3.05) is 33.8 Å². The van der Waals surface area contributed by atoms with E-state index in [1.807, 2.05) is 12.1 Å². The van der Waals surface area contributed by atoms with Crippen LogP contribution in [0, 0.1) is 11.8 Å². The molecule has 0 amide bonds. The molecule has 18 heavy (non-hydrogen) atoms. The zero-order valence-electron chi connectivity index (χ0n) is 11.6. The highest BCUT2D eigenvalue weighted by atomic mass is 16.5. The second kappa shape index (κ2) is 6.21. The molecule has 3 nitrogen and oxygen atoms in total. The van der Waals surface area contributed by atoms with Gasteiger partial charge in [-0.2, -0.15) is 0 Å². The molecule has 0 bridgehead atoms. The van der Waals surface area contributed by atoms with Crippen molar-refractivity contribution >= 4 is 0 Å². The highest BCUT2D eigenvalue weighted by Gasteiger charge is 2.24. The van der Waals surface area contributed by atoms with Crippen molar-refractivity contribution in [2.24, 2.45) is 11.8 Å². The molecule has 1 aliphatic heterocycles. The number of nitrogens with one attached hydrogen (secondary N) is 1. The van der Waals surface area contributed by atoms with Gasteiger partial charge in [-0.1, -0.05) is 25.1 Å². The van der Waals surface area contributed by atoms with Gasteiger partial charge in [-0.05, 0) is 38.0 Å². The number of rotatable bonds is 6. The van der Waals surface area contributed by atoms with Crippen LogP contribution in [0.4, 0.5) is 0 Å². The summed E-state index contributed by atoms with van der Waals surface area (Å²) < 4.78 is 5.39. The Morgan fingerprint density at radius 1 is 1.39 bits per heavy atom. The van der Waals surface area contributed by atoms with Gasteiger partial charge in [-0.25, -0.2) is 0 Å². The van der Waals surface area contributed by atoms with E-state index in [-0.39, 0.29) is 0 Å². The van der Waals surface area contributed by atoms with Gasteiger partial charge < -0.3 is 15.0 Å². The van der Waals surface area contributed by atoms with Gasteiger partial charge in [0.1, 0.15) is 5.75 Å². The molecule has 0 aliphatic carbocycles. The topological polar surface area (TPSA) is 24.5 Å². The molecule has 1 saturated heterocycles. The summed E-state index contributed by atoms with van der Waals surface area (Å²) in [6.07, 6.45) is 0. The van der Waals surface area contributed by atoms with E-state index in [0.717, 1.165) is 30.7 Å². The van der Waals surface area contributed by atoms with Gasteiger partial charge in [0.15, 0.2) is 0 Å². The van der Waals surface area contributed by atoms with Crippen molar-refractivity contribution in [3.05, 3.63) is 29.8 Å². The molecule has 3 heteroatoms. The van der Waals surface area contributed by atoms with E-state index >= 15 is 0 Å². The van der Waals surface area contributed by atoms with Crippen LogP contribution >= 0.6 is 0 Å². The molecule has 1 aliphatic rings. The summed E-state index contributed by atoms with van der Waals surface area (Å²) in [6, 6.07) is 8.27. The molecule has 1 fully saturated rings. The predicted molar refractivity (Wildman–Crippen MR) is 74.9 cm³/mol. The Morgan fingerprint density at radius 3 is 2.72 bits per heavy atom. The van der Waals surface area contributed by atoms with Crippen molar-refractivity contribution in [3.63, 3.8) is 0 Å². The molecule has 1 N–H and O–H groups in total. The normalized spacial score (nSPS) is 17.6. The smallest absolute Gasteiger partial charge is 0.123 e. The first-order valence-electron chi connectivity index (χ1n) is 6.72. The van der Waals surface area contributed by atoms with E-state index in [0.29, 0.717) is 0 Å². The van der Waals surface area contributed by atoms with Gasteiger partial charge in [-0.15, -0.1) is 0 Å². The monoisotopic (exact) mass is 248 g/mol. The molecule has 100 valence electrons. The van der Waals surface area contributed by atoms with Crippen LogP contribution in [0.5, 0.6) is 5.75 Å². The van der Waals surface area contributed by atoms with Gasteiger partial charge in [0.2, 0.25) is 0 Å². The molecule has 1 heterocycles. The summed E-state index contributed by atoms with van der Waals surface area (Å²) in [7, 11) is 3.93. The van der Waals surface area contributed by atoms with Gasteiger partial charge in [0.25, 0.3) is 0 Å². The third-order valence-electron chi connectivity index (χ3n) is 3.85. The van der Waals surface area contributed by atoms with Gasteiger partial charge in [0.05, 0.1) is 7.11 Å². The number of hydrogen-bond donors (Lipinski definition) is 1. The maximum Gasteiger partial charge on any atom is 0.123 e. The maximum atomic E-state index is 5.39. The molecular formula is C15H24N2O. The summed E-state index contributed by atoms with van der Waals surface area (Å²) in [5, 5.41) is 3.34. The van der Waals surface area contributed by atoms with Gasteiger partial charge in [-0.3, -0.25) is 0 Å². The van der Waals surface area contributed by atoms with E-state index in [1.54, 1.807) is 7.11 Å². The van der Waals surface area contributed by atoms with E-state index in [9.17, 15) is 0 Å². The van der Waals surface area contributed by atoms with Crippen LogP contribution in [0.15, 0.2) is 24.3 Å². The minimum atomic E-state index is 0.756. The summed E-state index contributed by atoms with van der Waals surface area (Å²) in [5.74, 6) is 2.60. The standard InChI is InChI=1S/C15H24N2O/c1-12(14-8-16-9-14)10-17(2)11-13-6-4-5-7-15(13)18-3/h4-7,12,14,16H,8-11H2,1-3H3. The lowest BCUT2D eigenvalue weighted by Crippen LogP contribution is -2.47. The number of nitrogens with zero attached hydrogens (tertiary/aromatic N) is 1. The zero-order chi connectivity index (χ0) is 13.0. The lowest BCUT2D eigenvalue weighted by atomic mass is 9.88. The molecule has 1 atom stereocenters. The minimum absolute atomic E-state index is 0.756. The third kappa shape index (κ3) is 3.24. The fourth-order valence-corrected chi connectivity index (χ4v) is 2.54. The first kappa shape index (κ1) is 13.4. The quantitative estimate of drug-likeness (QED) is 0.833. The van der Waals surface area contributed by atoms with E-state index in [4.69, 9.17) is 4.74 Å². The molecule has 1 aromatic carbocycles. The lowest BCUT2D eigenvalue weighted by molar-refractivity contribution is 0.181. The Kier molecular flexibility index (Phi) is 4.61. The van der Waals surface area contributed by atoms with Crippen molar-refractivity contribution in [1.82, 2.24) is 10.2 Å². The van der Waals surface area contributed by atoms with Crippen LogP contribution in [0.1, 0.15) is 12.5 Å². The Labute approximate surface area is 110 Å². The van der Waals surface area contributed by atoms with Crippen LogP contribution in [0.3, 0.4) is 0 Å². The Morgan fingerprint density at radius 2 is 2.11 bits per heavy atom. The van der Waals surface area contributed by atoms with Crippen LogP contribution in [0.25, 0.3) is 0 Å². The number of benzene rings is 1. The fraction of sp³-hybridized carbons (Fsp3) is 0.600. The average molecular weight is 248 g/mol. The average Bonchev–Trinajstić information content (AvgIpc) is 2.27. The summed E-state index contributed by atoms with van der Waals surface area (Å²) in [5.41, 5.74) is 1.27. The van der Waals surface area contributed by atoms with Crippen LogP contribution in [-0.4, -0.2) is 38.7 Å². The van der Waals surface area contributed by atoms with E-state index < -0.39 is 0 Å². The number of ether oxygens (including phenoxy) is 1. The number of hydrogen-bond acceptors (Lipinski definition) is 3. The van der Waals surface area contributed by atoms with Crippen molar-refractivity contribution in [2.45, 2.75) is 13.5 Å². The predicted octanol–water partition coefficient (Wildman–Crippen LogP) is 1.98. The molecule has 0 saturated carbocycles. The van der Waals surface area contributed by atoms with Crippen molar-refractivity contribution < 1.29 is 4.74 Å². The summed E-state index contributed by atoms with van der Waals surface area (Å²) in [6.45, 7) is 6.82. The number of methoxy groups -OCH3 is 1. The summed E-state index contributed by atoms with van der Waals surface area (Å²) in [4.78, 5) is 2.39. The van der Waals surface area contributed by atoms with Crippen LogP contribution < -0.4 is 10.1 Å². The highest BCUT2D eigenvalue weighted by Crippen LogP contribution is 2.21. The van der Waals surface area contributed by atoms with Gasteiger partial charge in [0, 0.05) is 18.7 Å². The summed E-state index contributed by atoms with van der Waals surface area (Å²) >= 11 is 0. The second-order valence-electron chi connectivity index (χ2n) is 5.40. The molecular weight excluding hydrogens is 224 g/mol. The Balaban J connectivity index is 1.87. The SMILES string of the molecule is COc1ccccc1CN(C)CC(C)C1CNC1. The molecule has 1 unspecified atom stereocenters. The molecule has 1 aromatic rings. The van der Waals surface area contributed by atoms with Crippen LogP contribution in [0.2, 0.25) is 0 Å². The highest BCUT2D eigenvalue weighted by molar-refractivity contribution is 5.32. The Hall–Kier alpha value is -1.06. The van der Waals surface area contributed by atoms with Crippen LogP contribution in [-0.2, 0) is 6.54 Å². The molecule has 0 aromatic heterocycles. The maximum absolute atomic E-state index is 5.39. The largest absolute Gasteiger partial charge is 0.496 e. The van der Waals surface area contributed by atoms with Gasteiger partial charge >= 0.3 is 0 Å². The molecule has 0 radical (unpaired) electrons. The van der Waals surface area contributed by atoms with E-state index in [1.165, 1.54) is 18.7 Å². The van der Waals surface area contributed by atoms with E-state index in [2.05, 4.69) is 36.3 Å². The Bertz CT molecular complexity index is 377. The zero-order valence-corrected chi connectivity index (χ0v) is 11.6. The fourth-order valence-electron chi connectivity index (χ4n) is 2.54. The van der Waals surface area contributed by atoms with Crippen molar-refractivity contribution in [3.8, 4) is 5.75 Å². The minimum Gasteiger partial charge on any atom is -0.496 e. The molecule has 2 rings (SSSR count). The number of para-hydroxylation sites is 1. The second-order valence-corrected chi connectivity index (χ2v) is 5.40. The first-order valence-corrected chi connectivity index (χ1v) is 6.72. The third-order valence-corrected chi connectivity index (χ3v) is 3.85. The molecule has 0 spiro atoms. The first-order chi connectivity index (χ1) is 8.70.